The van der Waals surface area contributed by atoms with Crippen molar-refractivity contribution < 1.29 is 13.6 Å². The third kappa shape index (κ3) is 3.22. The van der Waals surface area contributed by atoms with Gasteiger partial charge in [-0.15, -0.1) is 10.2 Å². The fraction of sp³-hybridized carbons (Fsp3) is 0.462. The zero-order valence-electron chi connectivity index (χ0n) is 11.0. The number of hydrogen-bond donors (Lipinski definition) is 1. The maximum atomic E-state index is 11.8. The van der Waals surface area contributed by atoms with Crippen LogP contribution < -0.4 is 5.32 Å². The van der Waals surface area contributed by atoms with E-state index in [0.717, 1.165) is 0 Å². The highest BCUT2D eigenvalue weighted by Crippen LogP contribution is 2.32. The van der Waals surface area contributed by atoms with Crippen LogP contribution in [0.3, 0.4) is 0 Å². The summed E-state index contributed by atoms with van der Waals surface area (Å²) in [5.74, 6) is 1.77. The average Bonchev–Trinajstić information content (AvgIpc) is 2.96. The number of thioether (sulfide) groups is 1. The average molecular weight is 293 g/mol. The van der Waals surface area contributed by atoms with Gasteiger partial charge < -0.3 is 14.2 Å². The number of furan rings is 1. The quantitative estimate of drug-likeness (QED) is 0.823. The van der Waals surface area contributed by atoms with Crippen molar-refractivity contribution in [1.82, 2.24) is 15.5 Å². The van der Waals surface area contributed by atoms with E-state index in [9.17, 15) is 4.79 Å². The third-order valence-corrected chi connectivity index (χ3v) is 4.00. The molecular formula is C13H15N3O3S. The monoisotopic (exact) mass is 293 g/mol. The van der Waals surface area contributed by atoms with Crippen LogP contribution >= 0.6 is 11.8 Å². The van der Waals surface area contributed by atoms with Crippen LogP contribution in [0.4, 0.5) is 0 Å². The Labute approximate surface area is 120 Å². The lowest BCUT2D eigenvalue weighted by Crippen LogP contribution is -2.35. The molecule has 0 aromatic carbocycles. The Morgan fingerprint density at radius 3 is 3.10 bits per heavy atom. The second-order valence-electron chi connectivity index (χ2n) is 4.83. The summed E-state index contributed by atoms with van der Waals surface area (Å²) in [6.45, 7) is 2.04. The molecule has 0 bridgehead atoms. The maximum Gasteiger partial charge on any atom is 0.284 e. The van der Waals surface area contributed by atoms with Gasteiger partial charge in [-0.05, 0) is 37.8 Å². The maximum absolute atomic E-state index is 11.8. The molecule has 106 valence electrons. The van der Waals surface area contributed by atoms with E-state index in [1.54, 1.807) is 18.4 Å². The summed E-state index contributed by atoms with van der Waals surface area (Å²) in [6, 6.07) is 3.75. The van der Waals surface area contributed by atoms with Gasteiger partial charge in [0.25, 0.3) is 11.1 Å². The van der Waals surface area contributed by atoms with Crippen LogP contribution in [-0.4, -0.2) is 27.9 Å². The highest BCUT2D eigenvalue weighted by Gasteiger charge is 2.28. The lowest BCUT2D eigenvalue weighted by molar-refractivity contribution is -0.119. The molecule has 0 saturated heterocycles. The van der Waals surface area contributed by atoms with Gasteiger partial charge in [-0.25, -0.2) is 0 Å². The van der Waals surface area contributed by atoms with Crippen molar-refractivity contribution in [2.24, 2.45) is 5.92 Å². The summed E-state index contributed by atoms with van der Waals surface area (Å²) in [7, 11) is 0. The fourth-order valence-electron chi connectivity index (χ4n) is 1.90. The van der Waals surface area contributed by atoms with E-state index < -0.39 is 0 Å². The predicted octanol–water partition coefficient (Wildman–Crippen LogP) is 2.34. The first-order valence-corrected chi connectivity index (χ1v) is 7.50. The van der Waals surface area contributed by atoms with Crippen LogP contribution in [0.1, 0.15) is 19.8 Å². The molecule has 0 aliphatic heterocycles. The Balaban J connectivity index is 1.49. The summed E-state index contributed by atoms with van der Waals surface area (Å²) in [4.78, 5) is 11.8. The molecule has 20 heavy (non-hydrogen) atoms. The first-order chi connectivity index (χ1) is 9.72. The lowest BCUT2D eigenvalue weighted by atomic mass is 10.2. The molecule has 1 aliphatic carbocycles. The molecule has 2 heterocycles. The van der Waals surface area contributed by atoms with Crippen molar-refractivity contribution in [1.29, 1.82) is 0 Å². The number of carbonyl (C=O) groups is 1. The molecule has 2 aromatic heterocycles. The van der Waals surface area contributed by atoms with Crippen molar-refractivity contribution in [3.8, 4) is 11.7 Å². The van der Waals surface area contributed by atoms with Gasteiger partial charge in [0.15, 0.2) is 5.76 Å². The SMILES string of the molecule is C[C@@H](NC(=O)CSc1nnc(-c2ccco2)o1)C1CC1. The van der Waals surface area contributed by atoms with Gasteiger partial charge in [0.1, 0.15) is 0 Å². The number of carbonyl (C=O) groups excluding carboxylic acids is 1. The van der Waals surface area contributed by atoms with Crippen molar-refractivity contribution in [2.75, 3.05) is 5.75 Å². The number of nitrogens with zero attached hydrogens (tertiary/aromatic N) is 2. The summed E-state index contributed by atoms with van der Waals surface area (Å²) in [5.41, 5.74) is 0. The predicted molar refractivity (Wildman–Crippen MR) is 73.1 cm³/mol. The molecule has 0 radical (unpaired) electrons. The molecule has 1 aliphatic rings. The minimum atomic E-state index is -0.00727. The van der Waals surface area contributed by atoms with Crippen molar-refractivity contribution >= 4 is 17.7 Å². The summed E-state index contributed by atoms with van der Waals surface area (Å²) in [5, 5.41) is 11.1. The molecule has 1 fully saturated rings. The molecule has 1 amide bonds. The number of hydrogen-bond acceptors (Lipinski definition) is 6. The topological polar surface area (TPSA) is 81.2 Å². The molecule has 0 unspecified atom stereocenters. The first-order valence-electron chi connectivity index (χ1n) is 6.52. The Hall–Kier alpha value is -1.76. The first kappa shape index (κ1) is 13.2. The standard InChI is InChI=1S/C13H15N3O3S/c1-8(9-4-5-9)14-11(17)7-20-13-16-15-12(19-13)10-3-2-6-18-10/h2-3,6,8-9H,4-5,7H2,1H3,(H,14,17)/t8-/m1/s1. The summed E-state index contributed by atoms with van der Waals surface area (Å²) in [6.07, 6.45) is 3.97. The molecule has 1 saturated carbocycles. The van der Waals surface area contributed by atoms with Gasteiger partial charge >= 0.3 is 0 Å². The van der Waals surface area contributed by atoms with Crippen LogP contribution in [0, 0.1) is 5.92 Å². The number of aromatic nitrogens is 2. The number of nitrogens with one attached hydrogen (secondary N) is 1. The fourth-order valence-corrected chi connectivity index (χ4v) is 2.48. The lowest BCUT2D eigenvalue weighted by Gasteiger charge is -2.11. The van der Waals surface area contributed by atoms with E-state index in [1.807, 2.05) is 6.92 Å². The van der Waals surface area contributed by atoms with Gasteiger partial charge in [-0.3, -0.25) is 4.79 Å². The van der Waals surface area contributed by atoms with E-state index in [-0.39, 0.29) is 17.7 Å². The molecular weight excluding hydrogens is 278 g/mol. The van der Waals surface area contributed by atoms with Crippen LogP contribution in [0.15, 0.2) is 32.5 Å². The van der Waals surface area contributed by atoms with E-state index in [4.69, 9.17) is 8.83 Å². The largest absolute Gasteiger partial charge is 0.459 e. The van der Waals surface area contributed by atoms with E-state index in [2.05, 4.69) is 15.5 Å². The molecule has 7 heteroatoms. The second kappa shape index (κ2) is 5.70. The van der Waals surface area contributed by atoms with Gasteiger partial charge in [0.2, 0.25) is 5.91 Å². The van der Waals surface area contributed by atoms with Gasteiger partial charge in [-0.1, -0.05) is 11.8 Å². The molecule has 3 rings (SSSR count). The Morgan fingerprint density at radius 1 is 1.55 bits per heavy atom. The van der Waals surface area contributed by atoms with E-state index in [0.29, 0.717) is 22.8 Å². The number of amides is 1. The molecule has 1 N–H and O–H groups in total. The molecule has 2 aromatic rings. The van der Waals surface area contributed by atoms with Gasteiger partial charge in [-0.2, -0.15) is 0 Å². The highest BCUT2D eigenvalue weighted by molar-refractivity contribution is 7.99. The number of rotatable bonds is 6. The van der Waals surface area contributed by atoms with Crippen LogP contribution in [0.25, 0.3) is 11.7 Å². The van der Waals surface area contributed by atoms with Crippen molar-refractivity contribution in [3.63, 3.8) is 0 Å². The zero-order chi connectivity index (χ0) is 13.9. The summed E-state index contributed by atoms with van der Waals surface area (Å²) < 4.78 is 10.6. The van der Waals surface area contributed by atoms with E-state index >= 15 is 0 Å². The van der Waals surface area contributed by atoms with Crippen LogP contribution in [0.2, 0.25) is 0 Å². The molecule has 0 spiro atoms. The summed E-state index contributed by atoms with van der Waals surface area (Å²) >= 11 is 1.23. The Kier molecular flexibility index (Phi) is 3.77. The third-order valence-electron chi connectivity index (χ3n) is 3.18. The minimum absolute atomic E-state index is 0.00727. The highest BCUT2D eigenvalue weighted by atomic mass is 32.2. The minimum Gasteiger partial charge on any atom is -0.459 e. The van der Waals surface area contributed by atoms with E-state index in [1.165, 1.54) is 24.6 Å². The molecule has 1 atom stereocenters. The van der Waals surface area contributed by atoms with Crippen molar-refractivity contribution in [2.45, 2.75) is 31.0 Å². The van der Waals surface area contributed by atoms with Crippen LogP contribution in [0.5, 0.6) is 0 Å². The van der Waals surface area contributed by atoms with Crippen molar-refractivity contribution in [3.05, 3.63) is 18.4 Å². The molecule has 6 nitrogen and oxygen atoms in total. The van der Waals surface area contributed by atoms with Crippen LogP contribution in [-0.2, 0) is 4.79 Å². The smallest absolute Gasteiger partial charge is 0.284 e. The Morgan fingerprint density at radius 2 is 2.40 bits per heavy atom. The normalized spacial score (nSPS) is 16.1. The second-order valence-corrected chi connectivity index (χ2v) is 5.76. The zero-order valence-corrected chi connectivity index (χ0v) is 11.9. The van der Waals surface area contributed by atoms with Gasteiger partial charge in [0, 0.05) is 6.04 Å². The van der Waals surface area contributed by atoms with Gasteiger partial charge in [0.05, 0.1) is 12.0 Å². The Bertz CT molecular complexity index is 577.